The van der Waals surface area contributed by atoms with Crippen molar-refractivity contribution < 1.29 is 29.3 Å². The van der Waals surface area contributed by atoms with E-state index in [1.807, 2.05) is 62.4 Å². The predicted octanol–water partition coefficient (Wildman–Crippen LogP) is 2.50. The van der Waals surface area contributed by atoms with Gasteiger partial charge < -0.3 is 25.6 Å². The topological polar surface area (TPSA) is 125 Å². The predicted molar refractivity (Wildman–Crippen MR) is 118 cm³/mol. The molecule has 8 nitrogen and oxygen atoms in total. The summed E-state index contributed by atoms with van der Waals surface area (Å²) >= 11 is 0. The lowest BCUT2D eigenvalue weighted by atomic mass is 9.98. The average molecular weight is 440 g/mol. The van der Waals surface area contributed by atoms with Crippen LogP contribution in [0.3, 0.4) is 0 Å². The molecule has 4 N–H and O–H groups in total. The van der Waals surface area contributed by atoms with Gasteiger partial charge in [0.05, 0.1) is 6.61 Å². The van der Waals surface area contributed by atoms with E-state index in [0.717, 1.165) is 22.3 Å². The standard InChI is InChI=1S/C24H28N2O6/c1-14(2)11-20(22(28)25-21(12-27)23(29)30)26-24(31)32-13-19-17-9-5-3-7-15(17)16-8-4-6-10-18(16)19/h3-10,14,19-21,27H,11-13H2,1-2H3,(H,25,28)(H,26,31)(H,29,30)/t20-,21?/m1/s1. The number of alkyl carbamates (subject to hydrolysis) is 1. The fraction of sp³-hybridized carbons (Fsp3) is 0.375. The van der Waals surface area contributed by atoms with Crippen LogP contribution in [-0.4, -0.2) is 53.5 Å². The first-order valence-corrected chi connectivity index (χ1v) is 10.6. The van der Waals surface area contributed by atoms with E-state index in [2.05, 4.69) is 10.6 Å². The number of aliphatic carboxylic acids is 1. The van der Waals surface area contributed by atoms with Crippen LogP contribution in [0.5, 0.6) is 0 Å². The van der Waals surface area contributed by atoms with E-state index < -0.39 is 36.7 Å². The van der Waals surface area contributed by atoms with Gasteiger partial charge in [-0.05, 0) is 34.6 Å². The molecule has 0 fully saturated rings. The minimum atomic E-state index is -1.44. The van der Waals surface area contributed by atoms with Crippen molar-refractivity contribution in [3.05, 3.63) is 59.7 Å². The minimum absolute atomic E-state index is 0.0528. The van der Waals surface area contributed by atoms with Gasteiger partial charge in [-0.3, -0.25) is 4.79 Å². The fourth-order valence-electron chi connectivity index (χ4n) is 3.94. The third-order valence-corrected chi connectivity index (χ3v) is 5.46. The number of hydrogen-bond acceptors (Lipinski definition) is 5. The number of hydrogen-bond donors (Lipinski definition) is 4. The lowest BCUT2D eigenvalue weighted by Crippen LogP contribution is -2.53. The zero-order chi connectivity index (χ0) is 23.3. The number of amides is 2. The molecule has 2 amide bonds. The second-order valence-corrected chi connectivity index (χ2v) is 8.23. The zero-order valence-corrected chi connectivity index (χ0v) is 18.1. The van der Waals surface area contributed by atoms with Crippen LogP contribution in [0, 0.1) is 5.92 Å². The Morgan fingerprint density at radius 2 is 1.50 bits per heavy atom. The molecule has 0 bridgehead atoms. The molecule has 0 spiro atoms. The molecule has 3 rings (SSSR count). The van der Waals surface area contributed by atoms with Gasteiger partial charge in [-0.2, -0.15) is 0 Å². The number of carbonyl (C=O) groups excluding carboxylic acids is 2. The molecule has 2 aromatic carbocycles. The molecule has 0 saturated carbocycles. The molecular weight excluding hydrogens is 412 g/mol. The van der Waals surface area contributed by atoms with Crippen LogP contribution < -0.4 is 10.6 Å². The van der Waals surface area contributed by atoms with Crippen LogP contribution in [0.25, 0.3) is 11.1 Å². The van der Waals surface area contributed by atoms with E-state index in [9.17, 15) is 14.4 Å². The smallest absolute Gasteiger partial charge is 0.407 e. The van der Waals surface area contributed by atoms with E-state index in [1.54, 1.807) is 0 Å². The Labute approximate surface area is 186 Å². The third-order valence-electron chi connectivity index (χ3n) is 5.46. The maximum atomic E-state index is 12.5. The van der Waals surface area contributed by atoms with Crippen molar-refractivity contribution in [3.8, 4) is 11.1 Å². The summed E-state index contributed by atoms with van der Waals surface area (Å²) in [7, 11) is 0. The normalized spacial score (nSPS) is 14.2. The summed E-state index contributed by atoms with van der Waals surface area (Å²) in [5.74, 6) is -2.10. The molecule has 1 aliphatic rings. The van der Waals surface area contributed by atoms with Crippen LogP contribution in [0.4, 0.5) is 4.79 Å². The quantitative estimate of drug-likeness (QED) is 0.475. The van der Waals surface area contributed by atoms with Crippen molar-refractivity contribution in [1.82, 2.24) is 10.6 Å². The highest BCUT2D eigenvalue weighted by Crippen LogP contribution is 2.44. The summed E-state index contributed by atoms with van der Waals surface area (Å²) in [6.45, 7) is 3.10. The summed E-state index contributed by atoms with van der Waals surface area (Å²) in [5.41, 5.74) is 4.37. The van der Waals surface area contributed by atoms with Crippen LogP contribution in [0.2, 0.25) is 0 Å². The molecule has 170 valence electrons. The van der Waals surface area contributed by atoms with Crippen LogP contribution in [0.15, 0.2) is 48.5 Å². The van der Waals surface area contributed by atoms with Crippen molar-refractivity contribution >= 4 is 18.0 Å². The Balaban J connectivity index is 1.67. The van der Waals surface area contributed by atoms with Crippen molar-refractivity contribution in [3.63, 3.8) is 0 Å². The number of fused-ring (bicyclic) bond motifs is 3. The Morgan fingerprint density at radius 3 is 2.00 bits per heavy atom. The van der Waals surface area contributed by atoms with Crippen LogP contribution in [-0.2, 0) is 14.3 Å². The van der Waals surface area contributed by atoms with Gasteiger partial charge in [0.2, 0.25) is 5.91 Å². The molecule has 0 saturated heterocycles. The Morgan fingerprint density at radius 1 is 0.938 bits per heavy atom. The van der Waals surface area contributed by atoms with Crippen LogP contribution >= 0.6 is 0 Å². The summed E-state index contributed by atoms with van der Waals surface area (Å²) < 4.78 is 5.48. The van der Waals surface area contributed by atoms with Crippen molar-refractivity contribution in [2.45, 2.75) is 38.3 Å². The first-order chi connectivity index (χ1) is 15.3. The minimum Gasteiger partial charge on any atom is -0.480 e. The van der Waals surface area contributed by atoms with Gasteiger partial charge in [0.25, 0.3) is 0 Å². The number of carbonyl (C=O) groups is 3. The molecule has 8 heteroatoms. The maximum Gasteiger partial charge on any atom is 0.407 e. The SMILES string of the molecule is CC(C)C[C@@H](NC(=O)OCC1c2ccccc2-c2ccccc21)C(=O)NC(CO)C(=O)O. The number of ether oxygens (including phenoxy) is 1. The number of nitrogens with one attached hydrogen (secondary N) is 2. The van der Waals surface area contributed by atoms with E-state index in [1.165, 1.54) is 0 Å². The lowest BCUT2D eigenvalue weighted by molar-refractivity contribution is -0.143. The van der Waals surface area contributed by atoms with Gasteiger partial charge in [-0.15, -0.1) is 0 Å². The van der Waals surface area contributed by atoms with Gasteiger partial charge in [0.15, 0.2) is 0 Å². The molecule has 1 unspecified atom stereocenters. The number of carboxylic acids is 1. The number of aliphatic hydroxyl groups is 1. The highest BCUT2D eigenvalue weighted by atomic mass is 16.5. The molecule has 2 atom stereocenters. The summed E-state index contributed by atoms with van der Waals surface area (Å²) in [6.07, 6.45) is -0.475. The number of aliphatic hydroxyl groups excluding tert-OH is 1. The first kappa shape index (κ1) is 23.3. The monoisotopic (exact) mass is 440 g/mol. The summed E-state index contributed by atoms with van der Waals surface area (Å²) in [6, 6.07) is 13.5. The molecule has 0 heterocycles. The molecule has 32 heavy (non-hydrogen) atoms. The molecule has 0 aromatic heterocycles. The lowest BCUT2D eigenvalue weighted by Gasteiger charge is -2.22. The van der Waals surface area contributed by atoms with Gasteiger partial charge in [0, 0.05) is 5.92 Å². The first-order valence-electron chi connectivity index (χ1n) is 10.6. The number of carboxylic acid groups (broad SMARTS) is 1. The van der Waals surface area contributed by atoms with Gasteiger partial charge in [-0.1, -0.05) is 62.4 Å². The van der Waals surface area contributed by atoms with E-state index >= 15 is 0 Å². The molecular formula is C24H28N2O6. The largest absolute Gasteiger partial charge is 0.480 e. The Hall–Kier alpha value is -3.39. The van der Waals surface area contributed by atoms with Crippen molar-refractivity contribution in [1.29, 1.82) is 0 Å². The molecule has 0 radical (unpaired) electrons. The fourth-order valence-corrected chi connectivity index (χ4v) is 3.94. The van der Waals surface area contributed by atoms with E-state index in [0.29, 0.717) is 0 Å². The summed E-state index contributed by atoms with van der Waals surface area (Å²) in [4.78, 5) is 36.1. The zero-order valence-electron chi connectivity index (χ0n) is 18.1. The molecule has 0 aliphatic heterocycles. The third kappa shape index (κ3) is 5.26. The van der Waals surface area contributed by atoms with Gasteiger partial charge in [0.1, 0.15) is 18.7 Å². The highest BCUT2D eigenvalue weighted by molar-refractivity contribution is 5.89. The average Bonchev–Trinajstić information content (AvgIpc) is 3.08. The maximum absolute atomic E-state index is 12.5. The van der Waals surface area contributed by atoms with Crippen molar-refractivity contribution in [2.75, 3.05) is 13.2 Å². The van der Waals surface area contributed by atoms with Crippen molar-refractivity contribution in [2.24, 2.45) is 5.92 Å². The second kappa shape index (κ2) is 10.3. The number of rotatable bonds is 9. The Bertz CT molecular complexity index is 944. The Kier molecular flexibility index (Phi) is 7.48. The molecule has 2 aromatic rings. The van der Waals surface area contributed by atoms with Gasteiger partial charge in [-0.25, -0.2) is 9.59 Å². The summed E-state index contributed by atoms with van der Waals surface area (Å²) in [5, 5.41) is 23.0. The molecule has 1 aliphatic carbocycles. The highest BCUT2D eigenvalue weighted by Gasteiger charge is 2.30. The van der Waals surface area contributed by atoms with E-state index in [4.69, 9.17) is 14.9 Å². The second-order valence-electron chi connectivity index (χ2n) is 8.23. The van der Waals surface area contributed by atoms with Gasteiger partial charge >= 0.3 is 12.1 Å². The van der Waals surface area contributed by atoms with E-state index in [-0.39, 0.29) is 24.9 Å². The number of benzene rings is 2. The van der Waals surface area contributed by atoms with Crippen LogP contribution in [0.1, 0.15) is 37.3 Å².